The molecule has 0 N–H and O–H groups in total. The molecule has 0 spiro atoms. The predicted molar refractivity (Wildman–Crippen MR) is 154 cm³/mol. The monoisotopic (exact) mass is 458 g/mol. The van der Waals surface area contributed by atoms with E-state index in [0.717, 1.165) is 54.4 Å². The number of hydrogen-bond acceptors (Lipinski definition) is 2. The van der Waals surface area contributed by atoms with Gasteiger partial charge >= 0.3 is 0 Å². The van der Waals surface area contributed by atoms with E-state index in [9.17, 15) is 0 Å². The van der Waals surface area contributed by atoms with Crippen LogP contribution >= 0.6 is 0 Å². The summed E-state index contributed by atoms with van der Waals surface area (Å²) in [5.74, 6) is 0. The summed E-state index contributed by atoms with van der Waals surface area (Å²) in [5, 5.41) is 9.14. The zero-order valence-corrected chi connectivity index (χ0v) is 19.6. The minimum absolute atomic E-state index is 0.902. The van der Waals surface area contributed by atoms with E-state index in [1.165, 1.54) is 10.8 Å². The molecule has 0 unspecified atom stereocenters. The molecule has 0 amide bonds. The Bertz CT molecular complexity index is 1910. The van der Waals surface area contributed by atoms with Gasteiger partial charge in [0.05, 0.1) is 22.1 Å². The fourth-order valence-corrected chi connectivity index (χ4v) is 5.08. The topological polar surface area (TPSA) is 25.8 Å². The lowest BCUT2D eigenvalue weighted by Gasteiger charge is -2.08. The van der Waals surface area contributed by atoms with Crippen LogP contribution in [0.25, 0.3) is 65.2 Å². The van der Waals surface area contributed by atoms with E-state index in [1.807, 2.05) is 24.3 Å². The van der Waals surface area contributed by atoms with Crippen LogP contribution in [0, 0.1) is 0 Å². The van der Waals surface area contributed by atoms with E-state index in [1.54, 1.807) is 0 Å². The maximum Gasteiger partial charge on any atom is 0.0979 e. The van der Waals surface area contributed by atoms with Gasteiger partial charge in [0.2, 0.25) is 0 Å². The number of fused-ring (bicyclic) bond motifs is 4. The van der Waals surface area contributed by atoms with Gasteiger partial charge in [-0.3, -0.25) is 0 Å². The van der Waals surface area contributed by atoms with Gasteiger partial charge in [-0.1, -0.05) is 121 Å². The van der Waals surface area contributed by atoms with Crippen molar-refractivity contribution in [3.05, 3.63) is 133 Å². The molecular formula is C34H22N2. The summed E-state index contributed by atoms with van der Waals surface area (Å²) < 4.78 is 0. The lowest BCUT2D eigenvalue weighted by Crippen LogP contribution is -1.89. The van der Waals surface area contributed by atoms with Crippen molar-refractivity contribution in [2.75, 3.05) is 0 Å². The van der Waals surface area contributed by atoms with Crippen molar-refractivity contribution in [2.45, 2.75) is 0 Å². The van der Waals surface area contributed by atoms with Gasteiger partial charge in [-0.2, -0.15) is 0 Å². The first kappa shape index (κ1) is 20.5. The van der Waals surface area contributed by atoms with Crippen molar-refractivity contribution < 1.29 is 0 Å². The molecule has 0 radical (unpaired) electrons. The summed E-state index contributed by atoms with van der Waals surface area (Å²) in [6.07, 6.45) is 0. The molecule has 36 heavy (non-hydrogen) atoms. The Kier molecular flexibility index (Phi) is 4.82. The number of nitrogens with zero attached hydrogens (tertiary/aromatic N) is 2. The van der Waals surface area contributed by atoms with E-state index in [0.29, 0.717) is 0 Å². The van der Waals surface area contributed by atoms with Crippen LogP contribution in [0.4, 0.5) is 0 Å². The van der Waals surface area contributed by atoms with Crippen LogP contribution in [-0.2, 0) is 0 Å². The number of rotatable bonds is 0. The lowest BCUT2D eigenvalue weighted by atomic mass is 10.0. The van der Waals surface area contributed by atoms with Crippen LogP contribution in [0.1, 0.15) is 0 Å². The first-order valence-corrected chi connectivity index (χ1v) is 12.2. The van der Waals surface area contributed by atoms with Gasteiger partial charge in [0.25, 0.3) is 0 Å². The number of hydrogen-bond donors (Lipinski definition) is 0. The quantitative estimate of drug-likeness (QED) is 0.212. The first-order valence-electron chi connectivity index (χ1n) is 12.2. The van der Waals surface area contributed by atoms with E-state index >= 15 is 0 Å². The van der Waals surface area contributed by atoms with Crippen molar-refractivity contribution >= 4 is 65.2 Å². The third-order valence-corrected chi connectivity index (χ3v) is 6.88. The van der Waals surface area contributed by atoms with Gasteiger partial charge in [-0.15, -0.1) is 0 Å². The Morgan fingerprint density at radius 1 is 0.278 bits per heavy atom. The van der Waals surface area contributed by atoms with E-state index in [2.05, 4.69) is 109 Å². The standard InChI is InChI=1S/C34H22N2/c1-2-10-24-18-20-26-12-4-6-14-28(26)30-22-21-29(27-13-5-3-11-25(27)19-17-23(24)9-1)33-34(30)36-32-16-8-7-15-31(32)35-33/h1-22H. The fourth-order valence-electron chi connectivity index (χ4n) is 5.08. The molecule has 1 aromatic heterocycles. The Morgan fingerprint density at radius 2 is 0.639 bits per heavy atom. The fraction of sp³-hybridized carbons (Fsp3) is 0. The molecule has 0 aliphatic carbocycles. The zero-order valence-electron chi connectivity index (χ0n) is 19.6. The second-order valence-electron chi connectivity index (χ2n) is 9.04. The summed E-state index contributed by atoms with van der Waals surface area (Å²) >= 11 is 0. The molecule has 0 saturated heterocycles. The minimum Gasteiger partial charge on any atom is -0.244 e. The van der Waals surface area contributed by atoms with Gasteiger partial charge in [0.1, 0.15) is 0 Å². The molecule has 7 aromatic carbocycles. The van der Waals surface area contributed by atoms with Gasteiger partial charge in [-0.05, 0) is 44.5 Å². The molecule has 8 aromatic rings. The summed E-state index contributed by atoms with van der Waals surface area (Å²) in [5.41, 5.74) is 3.64. The smallest absolute Gasteiger partial charge is 0.0979 e. The molecule has 168 valence electrons. The minimum atomic E-state index is 0.902. The highest BCUT2D eigenvalue weighted by atomic mass is 14.8. The highest BCUT2D eigenvalue weighted by Gasteiger charge is 2.09. The summed E-state index contributed by atoms with van der Waals surface area (Å²) in [4.78, 5) is 10.3. The van der Waals surface area contributed by atoms with Crippen molar-refractivity contribution in [3.8, 4) is 0 Å². The van der Waals surface area contributed by atoms with Gasteiger partial charge < -0.3 is 0 Å². The number of para-hydroxylation sites is 2. The van der Waals surface area contributed by atoms with E-state index in [4.69, 9.17) is 9.97 Å². The van der Waals surface area contributed by atoms with Crippen LogP contribution < -0.4 is 0 Å². The second kappa shape index (κ2) is 8.44. The van der Waals surface area contributed by atoms with Crippen molar-refractivity contribution in [2.24, 2.45) is 0 Å². The SMILES string of the molecule is c1ccc2ccc3ccccc3c3ccc(c4ccccc4ccc2c1)c1nc2ccccc2nc31. The molecule has 0 aliphatic rings. The molecule has 0 fully saturated rings. The Labute approximate surface area is 208 Å². The summed E-state index contributed by atoms with van der Waals surface area (Å²) in [6.45, 7) is 0. The highest BCUT2D eigenvalue weighted by Crippen LogP contribution is 2.31. The summed E-state index contributed by atoms with van der Waals surface area (Å²) in [7, 11) is 0. The van der Waals surface area contributed by atoms with Crippen LogP contribution in [0.3, 0.4) is 0 Å². The van der Waals surface area contributed by atoms with Crippen molar-refractivity contribution in [3.63, 3.8) is 0 Å². The molecule has 2 bridgehead atoms. The summed E-state index contributed by atoms with van der Waals surface area (Å²) in [6, 6.07) is 46.9. The normalized spacial score (nSPS) is 11.3. The van der Waals surface area contributed by atoms with Crippen LogP contribution in [0.15, 0.2) is 133 Å². The molecule has 2 heteroatoms. The molecule has 0 saturated carbocycles. The van der Waals surface area contributed by atoms with Crippen LogP contribution in [-0.4, -0.2) is 9.97 Å². The Morgan fingerprint density at radius 3 is 1.11 bits per heavy atom. The van der Waals surface area contributed by atoms with Crippen LogP contribution in [0.5, 0.6) is 0 Å². The third kappa shape index (κ3) is 3.43. The first-order chi connectivity index (χ1) is 17.8. The number of benzene rings is 5. The van der Waals surface area contributed by atoms with E-state index in [-0.39, 0.29) is 0 Å². The maximum absolute atomic E-state index is 5.16. The number of aromatic nitrogens is 2. The zero-order chi connectivity index (χ0) is 23.9. The molecule has 8 rings (SSSR count). The molecule has 1 heterocycles. The predicted octanol–water partition coefficient (Wildman–Crippen LogP) is 9.08. The third-order valence-electron chi connectivity index (χ3n) is 6.88. The molecule has 2 nitrogen and oxygen atoms in total. The molecular weight excluding hydrogens is 436 g/mol. The highest BCUT2D eigenvalue weighted by molar-refractivity contribution is 6.18. The molecule has 0 atom stereocenters. The maximum atomic E-state index is 5.16. The largest absolute Gasteiger partial charge is 0.244 e. The average molecular weight is 459 g/mol. The van der Waals surface area contributed by atoms with Crippen LogP contribution in [0.2, 0.25) is 0 Å². The van der Waals surface area contributed by atoms with Gasteiger partial charge in [-0.25, -0.2) is 9.97 Å². The van der Waals surface area contributed by atoms with E-state index < -0.39 is 0 Å². The van der Waals surface area contributed by atoms with Crippen molar-refractivity contribution in [1.29, 1.82) is 0 Å². The Balaban J connectivity index is 1.82. The Hall–Kier alpha value is -4.82. The average Bonchev–Trinajstić information content (AvgIpc) is 2.94. The molecule has 0 aliphatic heterocycles. The van der Waals surface area contributed by atoms with Gasteiger partial charge in [0.15, 0.2) is 0 Å². The van der Waals surface area contributed by atoms with Gasteiger partial charge in [0, 0.05) is 10.8 Å². The second-order valence-corrected chi connectivity index (χ2v) is 9.04. The van der Waals surface area contributed by atoms with Crippen molar-refractivity contribution in [1.82, 2.24) is 9.97 Å². The lowest BCUT2D eigenvalue weighted by molar-refractivity contribution is 1.42.